The summed E-state index contributed by atoms with van der Waals surface area (Å²) in [5.41, 5.74) is 6.14. The molecule has 1 unspecified atom stereocenters. The predicted molar refractivity (Wildman–Crippen MR) is 65.3 cm³/mol. The van der Waals surface area contributed by atoms with Gasteiger partial charge in [-0.05, 0) is 38.5 Å². The van der Waals surface area contributed by atoms with Gasteiger partial charge in [-0.2, -0.15) is 0 Å². The first kappa shape index (κ1) is 13.5. The molecule has 94 valence electrons. The van der Waals surface area contributed by atoms with Gasteiger partial charge in [-0.25, -0.2) is 9.18 Å². The molecule has 4 heteroatoms. The number of nitrogens with two attached hydrogens (primary N) is 1. The van der Waals surface area contributed by atoms with Gasteiger partial charge < -0.3 is 10.5 Å². The van der Waals surface area contributed by atoms with Gasteiger partial charge in [-0.15, -0.1) is 0 Å². The SMILES string of the molecule is CC(C)(C)OC(=O)C(F)Cc1cccc(N)c1. The van der Waals surface area contributed by atoms with Crippen LogP contribution in [0.3, 0.4) is 0 Å². The molecule has 3 nitrogen and oxygen atoms in total. The molecule has 0 radical (unpaired) electrons. The van der Waals surface area contributed by atoms with Crippen molar-refractivity contribution in [1.82, 2.24) is 0 Å². The van der Waals surface area contributed by atoms with Crippen molar-refractivity contribution in [1.29, 1.82) is 0 Å². The Balaban J connectivity index is 2.60. The van der Waals surface area contributed by atoms with Crippen LogP contribution in [-0.4, -0.2) is 17.7 Å². The highest BCUT2D eigenvalue weighted by atomic mass is 19.1. The molecule has 2 N–H and O–H groups in total. The molecule has 0 spiro atoms. The van der Waals surface area contributed by atoms with Crippen molar-refractivity contribution in [3.63, 3.8) is 0 Å². The number of hydrogen-bond donors (Lipinski definition) is 1. The smallest absolute Gasteiger partial charge is 0.341 e. The van der Waals surface area contributed by atoms with E-state index in [9.17, 15) is 9.18 Å². The molecule has 0 fully saturated rings. The molecule has 0 amide bonds. The van der Waals surface area contributed by atoms with E-state index in [4.69, 9.17) is 10.5 Å². The summed E-state index contributed by atoms with van der Waals surface area (Å²) < 4.78 is 18.6. The van der Waals surface area contributed by atoms with Gasteiger partial charge in [-0.3, -0.25) is 0 Å². The molecule has 0 aliphatic carbocycles. The van der Waals surface area contributed by atoms with E-state index in [2.05, 4.69) is 0 Å². The highest BCUT2D eigenvalue weighted by Crippen LogP contribution is 2.14. The van der Waals surface area contributed by atoms with E-state index in [1.807, 2.05) is 0 Å². The van der Waals surface area contributed by atoms with Crippen LogP contribution in [0.4, 0.5) is 10.1 Å². The molecule has 1 aromatic carbocycles. The molecule has 0 saturated heterocycles. The first-order valence-electron chi connectivity index (χ1n) is 5.49. The first-order chi connectivity index (χ1) is 7.78. The standard InChI is InChI=1S/C13H18FNO2/c1-13(2,3)17-12(16)11(14)8-9-5-4-6-10(15)7-9/h4-7,11H,8,15H2,1-3H3. The number of rotatable bonds is 3. The predicted octanol–water partition coefficient (Wildman–Crippen LogP) is 2.49. The Kier molecular flexibility index (Phi) is 4.10. The number of esters is 1. The Hall–Kier alpha value is -1.58. The molecular formula is C13H18FNO2. The van der Waals surface area contributed by atoms with E-state index in [0.29, 0.717) is 11.3 Å². The maximum Gasteiger partial charge on any atom is 0.341 e. The molecule has 1 rings (SSSR count). The van der Waals surface area contributed by atoms with Crippen molar-refractivity contribution in [2.45, 2.75) is 39.0 Å². The van der Waals surface area contributed by atoms with Gasteiger partial charge in [0.25, 0.3) is 0 Å². The fraction of sp³-hybridized carbons (Fsp3) is 0.462. The lowest BCUT2D eigenvalue weighted by molar-refractivity contribution is -0.160. The largest absolute Gasteiger partial charge is 0.458 e. The fourth-order valence-electron chi connectivity index (χ4n) is 1.38. The Morgan fingerprint density at radius 3 is 2.65 bits per heavy atom. The Morgan fingerprint density at radius 2 is 2.12 bits per heavy atom. The number of ether oxygens (including phenoxy) is 1. The third-order valence-corrected chi connectivity index (χ3v) is 2.03. The molecule has 1 atom stereocenters. The monoisotopic (exact) mass is 239 g/mol. The maximum atomic E-state index is 13.6. The van der Waals surface area contributed by atoms with Crippen LogP contribution in [0.25, 0.3) is 0 Å². The third-order valence-electron chi connectivity index (χ3n) is 2.03. The molecule has 0 aliphatic heterocycles. The van der Waals surface area contributed by atoms with E-state index < -0.39 is 17.7 Å². The van der Waals surface area contributed by atoms with Crippen molar-refractivity contribution in [2.75, 3.05) is 5.73 Å². The number of halogens is 1. The highest BCUT2D eigenvalue weighted by molar-refractivity contribution is 5.75. The summed E-state index contributed by atoms with van der Waals surface area (Å²) in [5, 5.41) is 0. The van der Waals surface area contributed by atoms with Gasteiger partial charge in [0.05, 0.1) is 0 Å². The molecule has 0 aromatic heterocycles. The summed E-state index contributed by atoms with van der Waals surface area (Å²) in [6.07, 6.45) is -1.67. The minimum Gasteiger partial charge on any atom is -0.458 e. The molecule has 17 heavy (non-hydrogen) atoms. The molecular weight excluding hydrogens is 221 g/mol. The van der Waals surface area contributed by atoms with Gasteiger partial charge in [0.2, 0.25) is 6.17 Å². The number of anilines is 1. The van der Waals surface area contributed by atoms with Crippen molar-refractivity contribution in [3.8, 4) is 0 Å². The zero-order chi connectivity index (χ0) is 13.1. The van der Waals surface area contributed by atoms with Crippen LogP contribution in [0.5, 0.6) is 0 Å². The summed E-state index contributed by atoms with van der Waals surface area (Å²) in [4.78, 5) is 11.4. The van der Waals surface area contributed by atoms with Gasteiger partial charge in [0.1, 0.15) is 5.60 Å². The van der Waals surface area contributed by atoms with Crippen molar-refractivity contribution < 1.29 is 13.9 Å². The quantitative estimate of drug-likeness (QED) is 0.651. The number of benzene rings is 1. The van der Waals surface area contributed by atoms with Crippen LogP contribution in [0.1, 0.15) is 26.3 Å². The van der Waals surface area contributed by atoms with E-state index in [0.717, 1.165) is 0 Å². The van der Waals surface area contributed by atoms with E-state index in [-0.39, 0.29) is 6.42 Å². The zero-order valence-electron chi connectivity index (χ0n) is 10.4. The normalized spacial score (nSPS) is 13.2. The lowest BCUT2D eigenvalue weighted by Gasteiger charge is -2.20. The second kappa shape index (κ2) is 5.17. The van der Waals surface area contributed by atoms with Crippen molar-refractivity contribution >= 4 is 11.7 Å². The minimum absolute atomic E-state index is 0.0139. The van der Waals surface area contributed by atoms with Crippen LogP contribution >= 0.6 is 0 Å². The Bertz CT molecular complexity index is 399. The van der Waals surface area contributed by atoms with Crippen LogP contribution in [0.2, 0.25) is 0 Å². The van der Waals surface area contributed by atoms with Crippen LogP contribution in [0, 0.1) is 0 Å². The molecule has 0 aliphatic rings. The lowest BCUT2D eigenvalue weighted by atomic mass is 10.1. The van der Waals surface area contributed by atoms with Crippen molar-refractivity contribution in [2.24, 2.45) is 0 Å². The first-order valence-corrected chi connectivity index (χ1v) is 5.49. The summed E-state index contributed by atoms with van der Waals surface area (Å²) in [6, 6.07) is 6.82. The number of hydrogen-bond acceptors (Lipinski definition) is 3. The Morgan fingerprint density at radius 1 is 1.47 bits per heavy atom. The summed E-state index contributed by atoms with van der Waals surface area (Å²) >= 11 is 0. The lowest BCUT2D eigenvalue weighted by Crippen LogP contribution is -2.30. The van der Waals surface area contributed by atoms with Crippen molar-refractivity contribution in [3.05, 3.63) is 29.8 Å². The second-order valence-electron chi connectivity index (χ2n) is 4.95. The van der Waals surface area contributed by atoms with Gasteiger partial charge >= 0.3 is 5.97 Å². The number of carbonyl (C=O) groups is 1. The minimum atomic E-state index is -1.66. The van der Waals surface area contributed by atoms with E-state index >= 15 is 0 Å². The number of alkyl halides is 1. The van der Waals surface area contributed by atoms with Crippen LogP contribution in [0.15, 0.2) is 24.3 Å². The third kappa shape index (κ3) is 4.85. The average Bonchev–Trinajstić information content (AvgIpc) is 2.14. The molecule has 0 heterocycles. The number of nitrogen functional groups attached to an aromatic ring is 1. The van der Waals surface area contributed by atoms with E-state index in [1.54, 1.807) is 45.0 Å². The van der Waals surface area contributed by atoms with Gasteiger partial charge in [-0.1, -0.05) is 12.1 Å². The Labute approximate surface area is 101 Å². The second-order valence-corrected chi connectivity index (χ2v) is 4.95. The van der Waals surface area contributed by atoms with Crippen LogP contribution < -0.4 is 5.73 Å². The molecule has 1 aromatic rings. The van der Waals surface area contributed by atoms with E-state index in [1.165, 1.54) is 0 Å². The summed E-state index contributed by atoms with van der Waals surface area (Å²) in [6.45, 7) is 5.12. The highest BCUT2D eigenvalue weighted by Gasteiger charge is 2.24. The van der Waals surface area contributed by atoms with Gasteiger partial charge in [0.15, 0.2) is 0 Å². The topological polar surface area (TPSA) is 52.3 Å². The molecule has 0 saturated carbocycles. The van der Waals surface area contributed by atoms with Crippen LogP contribution in [-0.2, 0) is 16.0 Å². The average molecular weight is 239 g/mol. The fourth-order valence-corrected chi connectivity index (χ4v) is 1.38. The molecule has 0 bridgehead atoms. The summed E-state index contributed by atoms with van der Waals surface area (Å²) in [7, 11) is 0. The van der Waals surface area contributed by atoms with Gasteiger partial charge in [0, 0.05) is 12.1 Å². The number of carbonyl (C=O) groups excluding carboxylic acids is 1. The maximum absolute atomic E-state index is 13.6. The summed E-state index contributed by atoms with van der Waals surface area (Å²) in [5.74, 6) is -0.833. The zero-order valence-corrected chi connectivity index (χ0v) is 10.4.